The quantitative estimate of drug-likeness (QED) is 0.605. The minimum atomic E-state index is -0.251. The zero-order valence-electron chi connectivity index (χ0n) is 10.9. The van der Waals surface area contributed by atoms with Gasteiger partial charge in [0.15, 0.2) is 0 Å². The van der Waals surface area contributed by atoms with Crippen LogP contribution >= 0.6 is 0 Å². The molecule has 0 spiro atoms. The van der Waals surface area contributed by atoms with Crippen LogP contribution in [-0.2, 0) is 16.1 Å². The average molecular weight is 245 g/mol. The molecule has 1 aliphatic heterocycles. The number of likely N-dealkylation sites (tertiary alicyclic amines) is 1. The first-order valence-electron chi connectivity index (χ1n) is 6.24. The normalized spacial score (nSPS) is 22.3. The Balaban J connectivity index is 2.00. The molecule has 2 rings (SSSR count). The first-order valence-corrected chi connectivity index (χ1v) is 6.24. The Morgan fingerprint density at radius 2 is 2.17 bits per heavy atom. The number of hydrogen-bond donors (Lipinski definition) is 0. The third-order valence-electron chi connectivity index (χ3n) is 3.34. The Bertz CT molecular complexity index is 439. The van der Waals surface area contributed by atoms with Gasteiger partial charge in [-0.1, -0.05) is 30.3 Å². The lowest BCUT2D eigenvalue weighted by molar-refractivity contribution is -0.134. The second-order valence-electron chi connectivity index (χ2n) is 4.77. The van der Waals surface area contributed by atoms with Crippen LogP contribution in [0, 0.1) is 0 Å². The Labute approximate surface area is 108 Å². The highest BCUT2D eigenvalue weighted by Gasteiger charge is 2.24. The molecule has 0 amide bonds. The summed E-state index contributed by atoms with van der Waals surface area (Å²) < 4.78 is 4.67. The van der Waals surface area contributed by atoms with E-state index in [-0.39, 0.29) is 5.97 Å². The monoisotopic (exact) mass is 245 g/mol. The molecule has 0 N–H and O–H groups in total. The summed E-state index contributed by atoms with van der Waals surface area (Å²) in [4.78, 5) is 13.6. The van der Waals surface area contributed by atoms with Crippen molar-refractivity contribution in [3.8, 4) is 0 Å². The van der Waals surface area contributed by atoms with E-state index in [1.165, 1.54) is 12.7 Å². The van der Waals surface area contributed by atoms with Crippen molar-refractivity contribution < 1.29 is 9.53 Å². The van der Waals surface area contributed by atoms with E-state index in [1.807, 2.05) is 6.07 Å². The fourth-order valence-corrected chi connectivity index (χ4v) is 2.35. The maximum absolute atomic E-state index is 11.2. The molecule has 3 nitrogen and oxygen atoms in total. The summed E-state index contributed by atoms with van der Waals surface area (Å²) in [6.45, 7) is 3.98. The Hall–Kier alpha value is -1.61. The van der Waals surface area contributed by atoms with Gasteiger partial charge in [-0.3, -0.25) is 4.90 Å². The summed E-state index contributed by atoms with van der Waals surface area (Å²) >= 11 is 0. The Morgan fingerprint density at radius 1 is 1.44 bits per heavy atom. The van der Waals surface area contributed by atoms with Crippen molar-refractivity contribution in [2.75, 3.05) is 13.7 Å². The van der Waals surface area contributed by atoms with E-state index in [1.54, 1.807) is 6.08 Å². The van der Waals surface area contributed by atoms with Gasteiger partial charge in [-0.2, -0.15) is 0 Å². The molecule has 0 aromatic heterocycles. The largest absolute Gasteiger partial charge is 0.466 e. The zero-order chi connectivity index (χ0) is 13.0. The second kappa shape index (κ2) is 5.83. The molecule has 1 atom stereocenters. The molecule has 1 unspecified atom stereocenters. The molecule has 1 saturated heterocycles. The minimum absolute atomic E-state index is 0.251. The van der Waals surface area contributed by atoms with Gasteiger partial charge in [0.05, 0.1) is 7.11 Å². The van der Waals surface area contributed by atoms with Gasteiger partial charge in [0, 0.05) is 25.2 Å². The number of hydrogen-bond acceptors (Lipinski definition) is 3. The summed E-state index contributed by atoms with van der Waals surface area (Å²) in [5, 5.41) is 0. The molecule has 0 saturated carbocycles. The van der Waals surface area contributed by atoms with Crippen LogP contribution in [0.25, 0.3) is 0 Å². The number of rotatable bonds is 3. The van der Waals surface area contributed by atoms with E-state index in [0.717, 1.165) is 25.1 Å². The summed E-state index contributed by atoms with van der Waals surface area (Å²) in [7, 11) is 1.42. The fourth-order valence-electron chi connectivity index (χ4n) is 2.35. The van der Waals surface area contributed by atoms with Crippen LogP contribution < -0.4 is 0 Å². The molecular weight excluding hydrogens is 226 g/mol. The Morgan fingerprint density at radius 3 is 2.83 bits per heavy atom. The van der Waals surface area contributed by atoms with E-state index in [4.69, 9.17) is 0 Å². The van der Waals surface area contributed by atoms with E-state index in [0.29, 0.717) is 6.04 Å². The lowest BCUT2D eigenvalue weighted by Gasteiger charge is -2.20. The maximum atomic E-state index is 11.2. The van der Waals surface area contributed by atoms with Crippen molar-refractivity contribution in [1.82, 2.24) is 4.90 Å². The van der Waals surface area contributed by atoms with Crippen molar-refractivity contribution in [1.29, 1.82) is 0 Å². The van der Waals surface area contributed by atoms with Gasteiger partial charge in [0.25, 0.3) is 0 Å². The van der Waals surface area contributed by atoms with Gasteiger partial charge in [0.1, 0.15) is 0 Å². The average Bonchev–Trinajstić information content (AvgIpc) is 2.71. The SMILES string of the molecule is COC(=O)/C=C1\CC(C)N(Cc2ccccc2)C1. The molecular formula is C15H19NO2. The maximum Gasteiger partial charge on any atom is 0.330 e. The molecule has 1 aliphatic rings. The molecule has 1 heterocycles. The highest BCUT2D eigenvalue weighted by atomic mass is 16.5. The van der Waals surface area contributed by atoms with Crippen molar-refractivity contribution in [2.45, 2.75) is 25.9 Å². The van der Waals surface area contributed by atoms with Crippen LogP contribution in [-0.4, -0.2) is 30.6 Å². The molecule has 1 aromatic rings. The van der Waals surface area contributed by atoms with Gasteiger partial charge in [-0.25, -0.2) is 4.79 Å². The highest BCUT2D eigenvalue weighted by molar-refractivity contribution is 5.82. The van der Waals surface area contributed by atoms with Crippen LogP contribution in [0.3, 0.4) is 0 Å². The zero-order valence-corrected chi connectivity index (χ0v) is 10.9. The number of methoxy groups -OCH3 is 1. The van der Waals surface area contributed by atoms with Crippen molar-refractivity contribution >= 4 is 5.97 Å². The van der Waals surface area contributed by atoms with Gasteiger partial charge in [-0.15, -0.1) is 0 Å². The van der Waals surface area contributed by atoms with Gasteiger partial charge in [-0.05, 0) is 24.5 Å². The van der Waals surface area contributed by atoms with Gasteiger partial charge >= 0.3 is 5.97 Å². The predicted octanol–water partition coefficient (Wildman–Crippen LogP) is 2.38. The van der Waals surface area contributed by atoms with Gasteiger partial charge < -0.3 is 4.74 Å². The molecule has 0 aliphatic carbocycles. The molecule has 18 heavy (non-hydrogen) atoms. The van der Waals surface area contributed by atoms with Crippen molar-refractivity contribution in [2.24, 2.45) is 0 Å². The number of carbonyl (C=O) groups excluding carboxylic acids is 1. The lowest BCUT2D eigenvalue weighted by atomic mass is 10.1. The summed E-state index contributed by atoms with van der Waals surface area (Å²) in [6.07, 6.45) is 2.57. The van der Waals surface area contributed by atoms with E-state index >= 15 is 0 Å². The summed E-state index contributed by atoms with van der Waals surface area (Å²) in [6, 6.07) is 10.9. The predicted molar refractivity (Wildman–Crippen MR) is 71.0 cm³/mol. The van der Waals surface area contributed by atoms with Crippen LogP contribution in [0.15, 0.2) is 42.0 Å². The smallest absolute Gasteiger partial charge is 0.330 e. The fraction of sp³-hybridized carbons (Fsp3) is 0.400. The molecule has 0 bridgehead atoms. The van der Waals surface area contributed by atoms with Crippen LogP contribution in [0.1, 0.15) is 18.9 Å². The third-order valence-corrected chi connectivity index (χ3v) is 3.34. The molecule has 1 aromatic carbocycles. The number of esters is 1. The first-order chi connectivity index (χ1) is 8.69. The van der Waals surface area contributed by atoms with Crippen LogP contribution in [0.4, 0.5) is 0 Å². The Kier molecular flexibility index (Phi) is 4.15. The molecule has 0 radical (unpaired) electrons. The van der Waals surface area contributed by atoms with Crippen molar-refractivity contribution in [3.05, 3.63) is 47.5 Å². The number of ether oxygens (including phenoxy) is 1. The van der Waals surface area contributed by atoms with Crippen LogP contribution in [0.5, 0.6) is 0 Å². The third kappa shape index (κ3) is 3.20. The standard InChI is InChI=1S/C15H19NO2/c1-12-8-14(9-15(17)18-2)11-16(12)10-13-6-4-3-5-7-13/h3-7,9,12H,8,10-11H2,1-2H3/b14-9+. The number of nitrogens with zero attached hydrogens (tertiary/aromatic N) is 1. The first kappa shape index (κ1) is 12.8. The number of carbonyl (C=O) groups is 1. The highest BCUT2D eigenvalue weighted by Crippen LogP contribution is 2.24. The molecule has 96 valence electrons. The van der Waals surface area contributed by atoms with E-state index < -0.39 is 0 Å². The number of benzene rings is 1. The van der Waals surface area contributed by atoms with Crippen molar-refractivity contribution in [3.63, 3.8) is 0 Å². The molecule has 3 heteroatoms. The van der Waals surface area contributed by atoms with Crippen LogP contribution in [0.2, 0.25) is 0 Å². The second-order valence-corrected chi connectivity index (χ2v) is 4.77. The minimum Gasteiger partial charge on any atom is -0.466 e. The lowest BCUT2D eigenvalue weighted by Crippen LogP contribution is -2.26. The van der Waals surface area contributed by atoms with Gasteiger partial charge in [0.2, 0.25) is 0 Å². The van der Waals surface area contributed by atoms with E-state index in [2.05, 4.69) is 40.8 Å². The topological polar surface area (TPSA) is 29.5 Å². The van der Waals surface area contributed by atoms with E-state index in [9.17, 15) is 4.79 Å². The molecule has 1 fully saturated rings. The summed E-state index contributed by atoms with van der Waals surface area (Å²) in [5.74, 6) is -0.251. The summed E-state index contributed by atoms with van der Waals surface area (Å²) in [5.41, 5.74) is 2.47.